The zero-order valence-electron chi connectivity index (χ0n) is 16.5. The van der Waals surface area contributed by atoms with Gasteiger partial charge in [-0.05, 0) is 49.2 Å². The summed E-state index contributed by atoms with van der Waals surface area (Å²) in [5, 5.41) is 5.64. The van der Waals surface area contributed by atoms with Crippen LogP contribution in [0.2, 0.25) is 0 Å². The monoisotopic (exact) mass is 396 g/mol. The first-order valence-electron chi connectivity index (χ1n) is 10.2. The van der Waals surface area contributed by atoms with Gasteiger partial charge < -0.3 is 10.2 Å². The minimum Gasteiger partial charge on any atom is -0.354 e. The topological polar surface area (TPSA) is 31.4 Å². The lowest BCUT2D eigenvalue weighted by Gasteiger charge is -2.35. The number of rotatable bonds is 7. The van der Waals surface area contributed by atoms with Gasteiger partial charge in [0.2, 0.25) is 0 Å². The lowest BCUT2D eigenvalue weighted by Crippen LogP contribution is -2.47. The van der Waals surface area contributed by atoms with Crippen molar-refractivity contribution in [3.05, 3.63) is 71.9 Å². The first-order chi connectivity index (χ1) is 14.2. The molecule has 0 aliphatic carbocycles. The number of fused-ring (bicyclic) bond motifs is 1. The smallest absolute Gasteiger partial charge is 0.136 e. The summed E-state index contributed by atoms with van der Waals surface area (Å²) in [5.74, 6) is 0.306. The van der Waals surface area contributed by atoms with Crippen molar-refractivity contribution in [1.82, 2.24) is 15.2 Å². The second kappa shape index (κ2) is 9.29. The van der Waals surface area contributed by atoms with E-state index in [0.717, 1.165) is 57.6 Å². The van der Waals surface area contributed by atoms with E-state index in [1.54, 1.807) is 0 Å². The first-order valence-corrected chi connectivity index (χ1v) is 10.2. The Labute approximate surface area is 170 Å². The van der Waals surface area contributed by atoms with Crippen molar-refractivity contribution < 1.29 is 8.78 Å². The first kappa shape index (κ1) is 19.7. The maximum absolute atomic E-state index is 13.6. The summed E-state index contributed by atoms with van der Waals surface area (Å²) in [7, 11) is 0. The molecule has 29 heavy (non-hydrogen) atoms. The van der Waals surface area contributed by atoms with Crippen LogP contribution in [0.1, 0.15) is 12.0 Å². The minimum atomic E-state index is -0.401. The summed E-state index contributed by atoms with van der Waals surface area (Å²) < 4.78 is 26.8. The van der Waals surface area contributed by atoms with E-state index >= 15 is 0 Å². The molecule has 4 nitrogen and oxygen atoms in total. The van der Waals surface area contributed by atoms with E-state index in [-0.39, 0.29) is 5.82 Å². The van der Waals surface area contributed by atoms with Gasteiger partial charge in [0.1, 0.15) is 17.5 Å². The predicted octanol–water partition coefficient (Wildman–Crippen LogP) is 3.81. The molecule has 1 N–H and O–H groups in total. The molecular formula is C23H26F2N4. The molecule has 0 bridgehead atoms. The van der Waals surface area contributed by atoms with Gasteiger partial charge >= 0.3 is 0 Å². The van der Waals surface area contributed by atoms with E-state index < -0.39 is 5.82 Å². The Morgan fingerprint density at radius 2 is 1.79 bits per heavy atom. The lowest BCUT2D eigenvalue weighted by atomic mass is 10.1. The van der Waals surface area contributed by atoms with Gasteiger partial charge in [0.15, 0.2) is 0 Å². The largest absolute Gasteiger partial charge is 0.354 e. The molecule has 0 unspecified atom stereocenters. The number of aromatic nitrogens is 1. The van der Waals surface area contributed by atoms with Gasteiger partial charge in [0.25, 0.3) is 0 Å². The second-order valence-electron chi connectivity index (χ2n) is 7.45. The van der Waals surface area contributed by atoms with E-state index in [1.165, 1.54) is 22.9 Å². The van der Waals surface area contributed by atoms with Crippen molar-refractivity contribution in [2.75, 3.05) is 44.2 Å². The lowest BCUT2D eigenvalue weighted by molar-refractivity contribution is 0.253. The molecule has 1 aromatic heterocycles. The molecule has 2 aromatic carbocycles. The Hall–Kier alpha value is -2.57. The van der Waals surface area contributed by atoms with Gasteiger partial charge in [-0.2, -0.15) is 0 Å². The Morgan fingerprint density at radius 1 is 0.966 bits per heavy atom. The van der Waals surface area contributed by atoms with Gasteiger partial charge in [0, 0.05) is 49.9 Å². The van der Waals surface area contributed by atoms with Gasteiger partial charge in [-0.3, -0.25) is 4.90 Å². The van der Waals surface area contributed by atoms with Crippen LogP contribution in [0.15, 0.2) is 54.7 Å². The van der Waals surface area contributed by atoms with Gasteiger partial charge in [0.05, 0.1) is 0 Å². The highest BCUT2D eigenvalue weighted by Gasteiger charge is 2.19. The number of halogens is 2. The summed E-state index contributed by atoms with van der Waals surface area (Å²) in [6.07, 6.45) is 2.86. The molecule has 1 aliphatic heterocycles. The van der Waals surface area contributed by atoms with E-state index in [0.29, 0.717) is 12.1 Å². The maximum Gasteiger partial charge on any atom is 0.136 e. The normalized spacial score (nSPS) is 15.2. The fraction of sp³-hybridized carbons (Fsp3) is 0.348. The van der Waals surface area contributed by atoms with Crippen molar-refractivity contribution in [2.24, 2.45) is 0 Å². The summed E-state index contributed by atoms with van der Waals surface area (Å²) in [6, 6.07) is 14.0. The third-order valence-electron chi connectivity index (χ3n) is 5.48. The maximum atomic E-state index is 13.6. The summed E-state index contributed by atoms with van der Waals surface area (Å²) in [5.41, 5.74) is 0.376. The zero-order chi connectivity index (χ0) is 20.1. The molecule has 0 atom stereocenters. The molecule has 1 fully saturated rings. The fourth-order valence-electron chi connectivity index (χ4n) is 3.87. The third-order valence-corrected chi connectivity index (χ3v) is 5.48. The molecule has 3 aromatic rings. The molecule has 4 rings (SSSR count). The third kappa shape index (κ3) is 4.89. The average Bonchev–Trinajstić information content (AvgIpc) is 2.76. The molecule has 0 amide bonds. The Bertz CT molecular complexity index is 949. The van der Waals surface area contributed by atoms with Crippen molar-refractivity contribution in [3.63, 3.8) is 0 Å². The standard InChI is InChI=1S/C23H26F2N4/c24-20-6-7-22(25)19(16-20)17-26-9-3-11-28-12-14-29(15-13-28)23-21-5-2-1-4-18(21)8-10-27-23/h1-2,4-8,10,16,26H,3,9,11-15,17H2. The van der Waals surface area contributed by atoms with Crippen molar-refractivity contribution in [2.45, 2.75) is 13.0 Å². The van der Waals surface area contributed by atoms with Crippen LogP contribution < -0.4 is 10.2 Å². The van der Waals surface area contributed by atoms with Gasteiger partial charge in [-0.1, -0.05) is 24.3 Å². The van der Waals surface area contributed by atoms with Crippen LogP contribution >= 0.6 is 0 Å². The number of hydrogen-bond donors (Lipinski definition) is 1. The van der Waals surface area contributed by atoms with Gasteiger partial charge in [-0.15, -0.1) is 0 Å². The number of benzene rings is 2. The number of nitrogens with zero attached hydrogens (tertiary/aromatic N) is 3. The number of piperazine rings is 1. The number of hydrogen-bond acceptors (Lipinski definition) is 4. The molecule has 0 saturated carbocycles. The zero-order valence-corrected chi connectivity index (χ0v) is 16.5. The SMILES string of the molecule is Fc1ccc(F)c(CNCCCN2CCN(c3nccc4ccccc34)CC2)c1. The highest BCUT2D eigenvalue weighted by atomic mass is 19.1. The summed E-state index contributed by atoms with van der Waals surface area (Å²) in [4.78, 5) is 9.44. The Kier molecular flexibility index (Phi) is 6.32. The fourth-order valence-corrected chi connectivity index (χ4v) is 3.87. The van der Waals surface area contributed by atoms with Crippen molar-refractivity contribution in [3.8, 4) is 0 Å². The Morgan fingerprint density at radius 3 is 2.66 bits per heavy atom. The second-order valence-corrected chi connectivity index (χ2v) is 7.45. The summed E-state index contributed by atoms with van der Waals surface area (Å²) >= 11 is 0. The molecule has 6 heteroatoms. The Balaban J connectivity index is 1.21. The predicted molar refractivity (Wildman–Crippen MR) is 113 cm³/mol. The van der Waals surface area contributed by atoms with Crippen LogP contribution in [0.3, 0.4) is 0 Å². The quantitative estimate of drug-likeness (QED) is 0.616. The van der Waals surface area contributed by atoms with Crippen molar-refractivity contribution in [1.29, 1.82) is 0 Å². The van der Waals surface area contributed by atoms with Crippen molar-refractivity contribution >= 4 is 16.6 Å². The molecule has 0 spiro atoms. The van der Waals surface area contributed by atoms with E-state index in [2.05, 4.69) is 50.4 Å². The average molecular weight is 396 g/mol. The molecule has 152 valence electrons. The van der Waals surface area contributed by atoms with Gasteiger partial charge in [-0.25, -0.2) is 13.8 Å². The number of pyridine rings is 1. The molecule has 2 heterocycles. The van der Waals surface area contributed by atoms with E-state index in [1.807, 2.05) is 6.20 Å². The van der Waals surface area contributed by atoms with Crippen LogP contribution in [0.5, 0.6) is 0 Å². The van der Waals surface area contributed by atoms with Crippen LogP contribution in [0.25, 0.3) is 10.8 Å². The molecule has 0 radical (unpaired) electrons. The highest BCUT2D eigenvalue weighted by Crippen LogP contribution is 2.24. The number of anilines is 1. The molecular weight excluding hydrogens is 370 g/mol. The summed E-state index contributed by atoms with van der Waals surface area (Å²) in [6.45, 7) is 6.05. The van der Waals surface area contributed by atoms with Crippen LogP contribution in [-0.4, -0.2) is 49.2 Å². The van der Waals surface area contributed by atoms with Crippen LogP contribution in [-0.2, 0) is 6.54 Å². The van der Waals surface area contributed by atoms with E-state index in [4.69, 9.17) is 0 Å². The molecule has 1 saturated heterocycles. The van der Waals surface area contributed by atoms with Crippen LogP contribution in [0, 0.1) is 11.6 Å². The van der Waals surface area contributed by atoms with E-state index in [9.17, 15) is 8.78 Å². The highest BCUT2D eigenvalue weighted by molar-refractivity contribution is 5.92. The minimum absolute atomic E-state index is 0.351. The molecule has 1 aliphatic rings. The number of nitrogens with one attached hydrogen (secondary N) is 1. The van der Waals surface area contributed by atoms with Crippen LogP contribution in [0.4, 0.5) is 14.6 Å².